The zero-order valence-corrected chi connectivity index (χ0v) is 19.3. The van der Waals surface area contributed by atoms with E-state index >= 15 is 0 Å². The van der Waals surface area contributed by atoms with Crippen molar-refractivity contribution < 1.29 is 13.6 Å². The fourth-order valence-corrected chi connectivity index (χ4v) is 4.16. The van der Waals surface area contributed by atoms with Gasteiger partial charge < -0.3 is 16.4 Å². The molecule has 2 aromatic carbocycles. The number of H-pyrrole nitrogens is 1. The SMILES string of the molecule is Nc1ncc(-c2cccc(CNC(=O)c3cc(F)cc(F)c3)c2)nc1-c1n[nH]c([C@H]2CCCNC2)n1. The normalized spacial score (nSPS) is 15.6. The number of nitrogens with one attached hydrogen (secondary N) is 3. The van der Waals surface area contributed by atoms with Crippen LogP contribution >= 0.6 is 0 Å². The number of nitrogens with two attached hydrogens (primary N) is 1. The molecule has 5 rings (SSSR count). The van der Waals surface area contributed by atoms with E-state index in [-0.39, 0.29) is 23.8 Å². The molecular formula is C25H24F2N8O. The van der Waals surface area contributed by atoms with Crippen molar-refractivity contribution in [2.45, 2.75) is 25.3 Å². The molecule has 9 nitrogen and oxygen atoms in total. The second-order valence-electron chi connectivity index (χ2n) is 8.62. The Kier molecular flexibility index (Phi) is 6.63. The van der Waals surface area contributed by atoms with Crippen LogP contribution in [0.15, 0.2) is 48.7 Å². The number of piperidine rings is 1. The molecule has 36 heavy (non-hydrogen) atoms. The summed E-state index contributed by atoms with van der Waals surface area (Å²) in [6.07, 6.45) is 3.67. The highest BCUT2D eigenvalue weighted by atomic mass is 19.1. The van der Waals surface area contributed by atoms with E-state index in [9.17, 15) is 13.6 Å². The topological polar surface area (TPSA) is 134 Å². The van der Waals surface area contributed by atoms with Crippen molar-refractivity contribution in [2.75, 3.05) is 18.8 Å². The molecule has 1 saturated heterocycles. The number of aromatic amines is 1. The van der Waals surface area contributed by atoms with Gasteiger partial charge in [-0.2, -0.15) is 5.10 Å². The molecule has 11 heteroatoms. The summed E-state index contributed by atoms with van der Waals surface area (Å²) in [7, 11) is 0. The van der Waals surface area contributed by atoms with E-state index in [1.54, 1.807) is 6.20 Å². The van der Waals surface area contributed by atoms with Crippen LogP contribution in [0.3, 0.4) is 0 Å². The number of hydrogen-bond donors (Lipinski definition) is 4. The summed E-state index contributed by atoms with van der Waals surface area (Å²) in [6.45, 7) is 2.00. The van der Waals surface area contributed by atoms with Crippen LogP contribution in [0.2, 0.25) is 0 Å². The Morgan fingerprint density at radius 1 is 1.14 bits per heavy atom. The van der Waals surface area contributed by atoms with E-state index in [0.717, 1.165) is 55.0 Å². The van der Waals surface area contributed by atoms with Crippen LogP contribution < -0.4 is 16.4 Å². The largest absolute Gasteiger partial charge is 0.382 e. The predicted molar refractivity (Wildman–Crippen MR) is 130 cm³/mol. The molecule has 0 bridgehead atoms. The summed E-state index contributed by atoms with van der Waals surface area (Å²) in [6, 6.07) is 10.0. The van der Waals surface area contributed by atoms with E-state index in [0.29, 0.717) is 23.3 Å². The fourth-order valence-electron chi connectivity index (χ4n) is 4.16. The van der Waals surface area contributed by atoms with Crippen LogP contribution in [-0.4, -0.2) is 44.1 Å². The van der Waals surface area contributed by atoms with Gasteiger partial charge in [-0.05, 0) is 43.1 Å². The lowest BCUT2D eigenvalue weighted by Gasteiger charge is -2.20. The highest BCUT2D eigenvalue weighted by Crippen LogP contribution is 2.26. The van der Waals surface area contributed by atoms with Crippen LogP contribution in [0.1, 0.15) is 40.5 Å². The van der Waals surface area contributed by atoms with Gasteiger partial charge in [-0.3, -0.25) is 9.89 Å². The molecule has 0 spiro atoms. The monoisotopic (exact) mass is 490 g/mol. The van der Waals surface area contributed by atoms with Crippen LogP contribution in [0.4, 0.5) is 14.6 Å². The summed E-state index contributed by atoms with van der Waals surface area (Å²) in [5.74, 6) is -0.553. The molecule has 1 aliphatic heterocycles. The summed E-state index contributed by atoms with van der Waals surface area (Å²) in [5.41, 5.74) is 8.46. The summed E-state index contributed by atoms with van der Waals surface area (Å²) >= 11 is 0. The number of nitrogens with zero attached hydrogens (tertiary/aromatic N) is 4. The minimum atomic E-state index is -0.811. The first-order valence-corrected chi connectivity index (χ1v) is 11.6. The standard InChI is InChI=1S/C25H24F2N8O/c26-18-8-17(9-19(27)10-18)25(36)31-11-14-3-1-4-15(7-14)20-13-30-22(28)21(32-20)24-33-23(34-35-24)16-5-2-6-29-12-16/h1,3-4,7-10,13,16,29H,2,5-6,11-12H2,(H2,28,30)(H,31,36)(H,33,34,35)/t16-/m0/s1. The summed E-state index contributed by atoms with van der Waals surface area (Å²) in [4.78, 5) is 25.9. The van der Waals surface area contributed by atoms with Crippen LogP contribution in [0.25, 0.3) is 22.8 Å². The smallest absolute Gasteiger partial charge is 0.251 e. The van der Waals surface area contributed by atoms with Crippen LogP contribution in [0.5, 0.6) is 0 Å². The summed E-state index contributed by atoms with van der Waals surface area (Å²) < 4.78 is 26.8. The molecule has 1 amide bonds. The Morgan fingerprint density at radius 3 is 2.75 bits per heavy atom. The lowest BCUT2D eigenvalue weighted by Crippen LogP contribution is -2.28. The van der Waals surface area contributed by atoms with Gasteiger partial charge in [0.15, 0.2) is 11.5 Å². The first kappa shape index (κ1) is 23.5. The van der Waals surface area contributed by atoms with E-state index in [2.05, 4.69) is 35.8 Å². The molecule has 0 saturated carbocycles. The molecule has 4 aromatic rings. The second-order valence-corrected chi connectivity index (χ2v) is 8.62. The molecule has 0 aliphatic carbocycles. The van der Waals surface area contributed by atoms with Gasteiger partial charge in [0.2, 0.25) is 5.82 Å². The Bertz CT molecular complexity index is 1380. The van der Waals surface area contributed by atoms with Crippen molar-refractivity contribution in [1.82, 2.24) is 35.8 Å². The number of carbonyl (C=O) groups excluding carboxylic acids is 1. The minimum Gasteiger partial charge on any atom is -0.382 e. The highest BCUT2D eigenvalue weighted by molar-refractivity contribution is 5.94. The maximum atomic E-state index is 13.4. The lowest BCUT2D eigenvalue weighted by molar-refractivity contribution is 0.0950. The quantitative estimate of drug-likeness (QED) is 0.326. The van der Waals surface area contributed by atoms with Gasteiger partial charge in [0.05, 0.1) is 11.9 Å². The third-order valence-corrected chi connectivity index (χ3v) is 6.00. The van der Waals surface area contributed by atoms with Crippen molar-refractivity contribution >= 4 is 11.7 Å². The maximum Gasteiger partial charge on any atom is 0.251 e. The molecule has 0 radical (unpaired) electrons. The minimum absolute atomic E-state index is 0.0902. The number of carbonyl (C=O) groups is 1. The summed E-state index contributed by atoms with van der Waals surface area (Å²) in [5, 5.41) is 13.4. The molecule has 1 atom stereocenters. The number of hydrogen-bond acceptors (Lipinski definition) is 7. The maximum absolute atomic E-state index is 13.4. The van der Waals surface area contributed by atoms with Crippen LogP contribution in [0, 0.1) is 11.6 Å². The van der Waals surface area contributed by atoms with Gasteiger partial charge in [-0.1, -0.05) is 18.2 Å². The number of aromatic nitrogens is 5. The van der Waals surface area contributed by atoms with Gasteiger partial charge in [-0.15, -0.1) is 0 Å². The molecule has 1 fully saturated rings. The molecule has 3 heterocycles. The number of nitrogen functional groups attached to an aromatic ring is 1. The van der Waals surface area contributed by atoms with Crippen molar-refractivity contribution in [2.24, 2.45) is 0 Å². The molecule has 1 aliphatic rings. The number of amides is 1. The van der Waals surface area contributed by atoms with Gasteiger partial charge in [0.25, 0.3) is 5.91 Å². The number of halogens is 2. The molecule has 5 N–H and O–H groups in total. The fraction of sp³-hybridized carbons (Fsp3) is 0.240. The number of rotatable bonds is 6. The Balaban J connectivity index is 1.33. The van der Waals surface area contributed by atoms with E-state index in [1.165, 1.54) is 0 Å². The van der Waals surface area contributed by atoms with E-state index in [1.807, 2.05) is 24.3 Å². The predicted octanol–water partition coefficient (Wildman–Crippen LogP) is 3.19. The van der Waals surface area contributed by atoms with Gasteiger partial charge in [0, 0.05) is 36.2 Å². The average Bonchev–Trinajstić information content (AvgIpc) is 3.38. The Labute approximate surface area is 205 Å². The third kappa shape index (κ3) is 5.20. The molecule has 184 valence electrons. The molecular weight excluding hydrogens is 466 g/mol. The van der Waals surface area contributed by atoms with Crippen molar-refractivity contribution in [1.29, 1.82) is 0 Å². The Morgan fingerprint density at radius 2 is 1.97 bits per heavy atom. The first-order valence-electron chi connectivity index (χ1n) is 11.6. The zero-order chi connectivity index (χ0) is 25.1. The molecule has 0 unspecified atom stereocenters. The molecule has 2 aromatic heterocycles. The average molecular weight is 491 g/mol. The van der Waals surface area contributed by atoms with Crippen molar-refractivity contribution in [3.8, 4) is 22.8 Å². The Hall–Kier alpha value is -4.25. The van der Waals surface area contributed by atoms with Gasteiger partial charge >= 0.3 is 0 Å². The zero-order valence-electron chi connectivity index (χ0n) is 19.3. The number of anilines is 1. The second kappa shape index (κ2) is 10.2. The van der Waals surface area contributed by atoms with Gasteiger partial charge in [-0.25, -0.2) is 23.7 Å². The number of benzene rings is 2. The first-order chi connectivity index (χ1) is 17.5. The highest BCUT2D eigenvalue weighted by Gasteiger charge is 2.21. The third-order valence-electron chi connectivity index (χ3n) is 6.00. The van der Waals surface area contributed by atoms with Crippen LogP contribution in [-0.2, 0) is 6.54 Å². The van der Waals surface area contributed by atoms with Crippen molar-refractivity contribution in [3.63, 3.8) is 0 Å². The lowest BCUT2D eigenvalue weighted by atomic mass is 9.99. The van der Waals surface area contributed by atoms with Crippen molar-refractivity contribution in [3.05, 3.63) is 77.2 Å². The van der Waals surface area contributed by atoms with E-state index in [4.69, 9.17) is 5.73 Å². The van der Waals surface area contributed by atoms with E-state index < -0.39 is 17.5 Å². The van der Waals surface area contributed by atoms with Gasteiger partial charge in [0.1, 0.15) is 17.5 Å².